The summed E-state index contributed by atoms with van der Waals surface area (Å²) in [5.41, 5.74) is 6.88. The summed E-state index contributed by atoms with van der Waals surface area (Å²) in [4.78, 5) is 10.5. The van der Waals surface area contributed by atoms with Crippen LogP contribution < -0.4 is 16.0 Å². The quantitative estimate of drug-likeness (QED) is 0.825. The van der Waals surface area contributed by atoms with E-state index >= 15 is 0 Å². The summed E-state index contributed by atoms with van der Waals surface area (Å²) in [5.74, 6) is 1.83. The highest BCUT2D eigenvalue weighted by Crippen LogP contribution is 2.17. The van der Waals surface area contributed by atoms with Crippen molar-refractivity contribution in [1.82, 2.24) is 19.7 Å². The Bertz CT molecular complexity index is 564. The molecule has 0 aromatic carbocycles. The Kier molecular flexibility index (Phi) is 4.39. The van der Waals surface area contributed by atoms with E-state index in [1.807, 2.05) is 37.5 Å². The minimum Gasteiger partial charge on any atom is -0.370 e. The molecule has 0 amide bonds. The summed E-state index contributed by atoms with van der Waals surface area (Å²) in [6.45, 7) is 3.69. The van der Waals surface area contributed by atoms with Crippen molar-refractivity contribution in [3.63, 3.8) is 0 Å². The average Bonchev–Trinajstić information content (AvgIpc) is 2.81. The van der Waals surface area contributed by atoms with Crippen molar-refractivity contribution in [2.75, 3.05) is 29.5 Å². The molecule has 108 valence electrons. The number of anilines is 3. The van der Waals surface area contributed by atoms with Gasteiger partial charge < -0.3 is 16.0 Å². The van der Waals surface area contributed by atoms with Crippen LogP contribution in [0, 0.1) is 0 Å². The minimum atomic E-state index is 0.277. The molecule has 0 fully saturated rings. The molecule has 2 aromatic rings. The number of nitrogens with two attached hydrogens (primary N) is 1. The monoisotopic (exact) mass is 275 g/mol. The van der Waals surface area contributed by atoms with Gasteiger partial charge in [0, 0.05) is 45.0 Å². The Labute approximate surface area is 118 Å². The van der Waals surface area contributed by atoms with Crippen molar-refractivity contribution in [3.8, 4) is 0 Å². The van der Waals surface area contributed by atoms with Crippen molar-refractivity contribution >= 4 is 17.6 Å². The third-order valence-corrected chi connectivity index (χ3v) is 2.86. The summed E-state index contributed by atoms with van der Waals surface area (Å²) in [6.07, 6.45) is 4.86. The maximum atomic E-state index is 5.76. The minimum absolute atomic E-state index is 0.277. The fraction of sp³-hybridized carbons (Fsp3) is 0.462. The third-order valence-electron chi connectivity index (χ3n) is 2.86. The first kappa shape index (κ1) is 14.1. The largest absolute Gasteiger partial charge is 0.370 e. The Hall–Kier alpha value is -2.31. The highest BCUT2D eigenvalue weighted by atomic mass is 15.3. The molecule has 0 atom stereocenters. The van der Waals surface area contributed by atoms with Crippen molar-refractivity contribution in [2.45, 2.75) is 19.9 Å². The molecule has 2 aromatic heterocycles. The van der Waals surface area contributed by atoms with Crippen LogP contribution in [0.4, 0.5) is 17.6 Å². The van der Waals surface area contributed by atoms with Gasteiger partial charge in [-0.2, -0.15) is 15.1 Å². The predicted octanol–water partition coefficient (Wildman–Crippen LogP) is 1.25. The molecule has 0 saturated carbocycles. The van der Waals surface area contributed by atoms with E-state index in [1.165, 1.54) is 0 Å². The fourth-order valence-corrected chi connectivity index (χ4v) is 1.90. The molecular formula is C13H21N7. The highest BCUT2D eigenvalue weighted by molar-refractivity contribution is 5.52. The van der Waals surface area contributed by atoms with Crippen LogP contribution >= 0.6 is 0 Å². The van der Waals surface area contributed by atoms with Crippen molar-refractivity contribution < 1.29 is 0 Å². The Morgan fingerprint density at radius 1 is 1.40 bits per heavy atom. The van der Waals surface area contributed by atoms with E-state index in [4.69, 9.17) is 5.73 Å². The Morgan fingerprint density at radius 3 is 2.85 bits per heavy atom. The van der Waals surface area contributed by atoms with Gasteiger partial charge in [0.25, 0.3) is 0 Å². The second-order valence-corrected chi connectivity index (χ2v) is 4.77. The summed E-state index contributed by atoms with van der Waals surface area (Å²) in [7, 11) is 3.87. The smallest absolute Gasteiger partial charge is 0.223 e. The number of nitrogens with zero attached hydrogens (tertiary/aromatic N) is 5. The Morgan fingerprint density at radius 2 is 2.20 bits per heavy atom. The molecule has 0 aliphatic heterocycles. The van der Waals surface area contributed by atoms with Crippen LogP contribution in [0.2, 0.25) is 0 Å². The van der Waals surface area contributed by atoms with Gasteiger partial charge in [-0.1, -0.05) is 6.92 Å². The molecule has 0 spiro atoms. The zero-order valence-electron chi connectivity index (χ0n) is 12.2. The van der Waals surface area contributed by atoms with Crippen LogP contribution in [0.15, 0.2) is 18.5 Å². The maximum absolute atomic E-state index is 5.76. The normalized spacial score (nSPS) is 10.6. The molecule has 7 nitrogen and oxygen atoms in total. The van der Waals surface area contributed by atoms with Gasteiger partial charge in [-0.05, 0) is 6.42 Å². The number of nitrogen functional groups attached to an aromatic ring is 1. The van der Waals surface area contributed by atoms with Crippen LogP contribution in [0.1, 0.15) is 18.9 Å². The van der Waals surface area contributed by atoms with Gasteiger partial charge in [-0.15, -0.1) is 0 Å². The van der Waals surface area contributed by atoms with Gasteiger partial charge in [0.05, 0.1) is 6.20 Å². The summed E-state index contributed by atoms with van der Waals surface area (Å²) < 4.78 is 1.78. The fourth-order valence-electron chi connectivity index (χ4n) is 1.90. The topological polar surface area (TPSA) is 84.9 Å². The van der Waals surface area contributed by atoms with E-state index in [9.17, 15) is 0 Å². The molecule has 3 N–H and O–H groups in total. The summed E-state index contributed by atoms with van der Waals surface area (Å²) >= 11 is 0. The van der Waals surface area contributed by atoms with Gasteiger partial charge in [0.1, 0.15) is 11.6 Å². The van der Waals surface area contributed by atoms with E-state index in [2.05, 4.69) is 27.3 Å². The lowest BCUT2D eigenvalue weighted by atomic mass is 10.3. The number of nitrogens with one attached hydrogen (secondary N) is 1. The van der Waals surface area contributed by atoms with Crippen molar-refractivity contribution in [1.29, 1.82) is 0 Å². The van der Waals surface area contributed by atoms with Crippen molar-refractivity contribution in [3.05, 3.63) is 24.0 Å². The second kappa shape index (κ2) is 6.23. The first-order chi connectivity index (χ1) is 9.58. The first-order valence-corrected chi connectivity index (χ1v) is 6.65. The van der Waals surface area contributed by atoms with Gasteiger partial charge in [-0.3, -0.25) is 4.68 Å². The molecule has 7 heteroatoms. The molecule has 0 saturated heterocycles. The van der Waals surface area contributed by atoms with E-state index in [0.717, 1.165) is 36.7 Å². The number of aryl methyl sites for hydroxylation is 1. The number of rotatable bonds is 6. The van der Waals surface area contributed by atoms with E-state index in [1.54, 1.807) is 4.68 Å². The summed E-state index contributed by atoms with van der Waals surface area (Å²) in [6, 6.07) is 1.91. The molecule has 0 unspecified atom stereocenters. The van der Waals surface area contributed by atoms with Crippen molar-refractivity contribution in [2.24, 2.45) is 7.05 Å². The molecule has 20 heavy (non-hydrogen) atoms. The van der Waals surface area contributed by atoms with Crippen LogP contribution in [0.5, 0.6) is 0 Å². The maximum Gasteiger partial charge on any atom is 0.223 e. The second-order valence-electron chi connectivity index (χ2n) is 4.77. The van der Waals surface area contributed by atoms with Gasteiger partial charge in [0.15, 0.2) is 0 Å². The molecule has 2 rings (SSSR count). The number of aromatic nitrogens is 4. The van der Waals surface area contributed by atoms with Crippen LogP contribution in [0.3, 0.4) is 0 Å². The third kappa shape index (κ3) is 3.59. The molecule has 0 radical (unpaired) electrons. The zero-order chi connectivity index (χ0) is 14.5. The van der Waals surface area contributed by atoms with E-state index in [-0.39, 0.29) is 5.95 Å². The van der Waals surface area contributed by atoms with Gasteiger partial charge >= 0.3 is 0 Å². The predicted molar refractivity (Wildman–Crippen MR) is 80.5 cm³/mol. The lowest BCUT2D eigenvalue weighted by Gasteiger charge is -2.18. The zero-order valence-corrected chi connectivity index (χ0v) is 12.2. The summed E-state index contributed by atoms with van der Waals surface area (Å²) in [5, 5.41) is 7.38. The average molecular weight is 275 g/mol. The van der Waals surface area contributed by atoms with Crippen LogP contribution in [-0.4, -0.2) is 33.3 Å². The van der Waals surface area contributed by atoms with E-state index in [0.29, 0.717) is 0 Å². The lowest BCUT2D eigenvalue weighted by molar-refractivity contribution is 0.766. The molecule has 0 aliphatic rings. The van der Waals surface area contributed by atoms with Gasteiger partial charge in [-0.25, -0.2) is 0 Å². The first-order valence-electron chi connectivity index (χ1n) is 6.65. The van der Waals surface area contributed by atoms with Crippen LogP contribution in [0.25, 0.3) is 0 Å². The molecular weight excluding hydrogens is 254 g/mol. The number of hydrogen-bond acceptors (Lipinski definition) is 6. The molecule has 0 bridgehead atoms. The number of hydrogen-bond donors (Lipinski definition) is 2. The molecule has 0 aliphatic carbocycles. The highest BCUT2D eigenvalue weighted by Gasteiger charge is 2.08. The SMILES string of the molecule is CCCNc1cc(N(C)Cc2cnn(C)c2)nc(N)n1. The molecule has 2 heterocycles. The standard InChI is InChI=1S/C13H21N7/c1-4-5-15-11-6-12(18-13(14)17-11)19(2)8-10-7-16-20(3)9-10/h6-7,9H,4-5,8H2,1-3H3,(H3,14,15,17,18). The Balaban J connectivity index is 2.12. The lowest BCUT2D eigenvalue weighted by Crippen LogP contribution is -2.19. The van der Waals surface area contributed by atoms with E-state index < -0.39 is 0 Å². The van der Waals surface area contributed by atoms with Crippen LogP contribution in [-0.2, 0) is 13.6 Å². The van der Waals surface area contributed by atoms with Gasteiger partial charge in [0.2, 0.25) is 5.95 Å².